The van der Waals surface area contributed by atoms with Gasteiger partial charge in [0.15, 0.2) is 17.6 Å². The molecule has 6 heteroatoms. The molecule has 2 bridgehead atoms. The summed E-state index contributed by atoms with van der Waals surface area (Å²) in [5.74, 6) is 1.81. The molecule has 0 radical (unpaired) electrons. The largest absolute Gasteiger partial charge is 0.486 e. The Hall–Kier alpha value is -1.79. The van der Waals surface area contributed by atoms with Crippen molar-refractivity contribution in [2.45, 2.75) is 25.0 Å². The molecule has 124 valence electrons. The van der Waals surface area contributed by atoms with Crippen molar-refractivity contribution >= 4 is 5.91 Å². The van der Waals surface area contributed by atoms with Gasteiger partial charge in [0.05, 0.1) is 6.61 Å². The topological polar surface area (TPSA) is 71.0 Å². The maximum atomic E-state index is 12.5. The SMILES string of the molecule is O=C(N[C@H]1C[C@@H]2CCN(C2)C1)c1ccc2c(c1)OC[C@@H](CO)O2. The predicted octanol–water partition coefficient (Wildman–Crippen LogP) is 0.643. The molecule has 0 saturated carbocycles. The van der Waals surface area contributed by atoms with Crippen LogP contribution in [0.3, 0.4) is 0 Å². The maximum Gasteiger partial charge on any atom is 0.251 e. The minimum absolute atomic E-state index is 0.0619. The fourth-order valence-electron chi connectivity index (χ4n) is 3.78. The zero-order valence-corrected chi connectivity index (χ0v) is 13.0. The number of hydrogen-bond acceptors (Lipinski definition) is 5. The number of carbonyl (C=O) groups is 1. The molecule has 6 nitrogen and oxygen atoms in total. The lowest BCUT2D eigenvalue weighted by Crippen LogP contribution is -2.47. The van der Waals surface area contributed by atoms with E-state index in [2.05, 4.69) is 10.2 Å². The number of hydrogen-bond donors (Lipinski definition) is 2. The highest BCUT2D eigenvalue weighted by Crippen LogP contribution is 2.33. The van der Waals surface area contributed by atoms with Crippen LogP contribution in [0.25, 0.3) is 0 Å². The van der Waals surface area contributed by atoms with E-state index < -0.39 is 0 Å². The third-order valence-corrected chi connectivity index (χ3v) is 4.93. The molecule has 0 aromatic heterocycles. The first-order valence-corrected chi connectivity index (χ1v) is 8.29. The molecule has 2 fully saturated rings. The van der Waals surface area contributed by atoms with E-state index in [0.717, 1.165) is 25.4 Å². The number of nitrogens with zero attached hydrogens (tertiary/aromatic N) is 1. The van der Waals surface area contributed by atoms with Crippen molar-refractivity contribution in [1.82, 2.24) is 10.2 Å². The fourth-order valence-corrected chi connectivity index (χ4v) is 3.78. The van der Waals surface area contributed by atoms with Crippen molar-refractivity contribution in [2.24, 2.45) is 5.92 Å². The Balaban J connectivity index is 1.43. The molecule has 1 amide bonds. The van der Waals surface area contributed by atoms with Gasteiger partial charge in [-0.25, -0.2) is 0 Å². The Bertz CT molecular complexity index is 594. The van der Waals surface area contributed by atoms with Crippen LogP contribution >= 0.6 is 0 Å². The number of aliphatic hydroxyl groups is 1. The van der Waals surface area contributed by atoms with Crippen LogP contribution in [0, 0.1) is 5.92 Å². The van der Waals surface area contributed by atoms with Crippen molar-refractivity contribution in [3.63, 3.8) is 0 Å². The summed E-state index contributed by atoms with van der Waals surface area (Å²) in [6, 6.07) is 5.43. The lowest BCUT2D eigenvalue weighted by Gasteiger charge is -2.30. The van der Waals surface area contributed by atoms with E-state index in [0.29, 0.717) is 23.7 Å². The summed E-state index contributed by atoms with van der Waals surface area (Å²) in [6.45, 7) is 3.51. The zero-order chi connectivity index (χ0) is 15.8. The predicted molar refractivity (Wildman–Crippen MR) is 83.9 cm³/mol. The second-order valence-electron chi connectivity index (χ2n) is 6.72. The third kappa shape index (κ3) is 3.01. The molecular formula is C17H22N2O4. The second-order valence-corrected chi connectivity index (χ2v) is 6.72. The number of ether oxygens (including phenoxy) is 2. The first kappa shape index (κ1) is 14.8. The van der Waals surface area contributed by atoms with Crippen LogP contribution in [0.4, 0.5) is 0 Å². The van der Waals surface area contributed by atoms with Crippen LogP contribution in [0.15, 0.2) is 18.2 Å². The molecule has 1 aromatic rings. The average Bonchev–Trinajstić information content (AvgIpc) is 2.92. The summed E-state index contributed by atoms with van der Waals surface area (Å²) in [7, 11) is 0. The van der Waals surface area contributed by atoms with Gasteiger partial charge < -0.3 is 24.8 Å². The Labute approximate surface area is 135 Å². The van der Waals surface area contributed by atoms with Gasteiger partial charge in [-0.3, -0.25) is 4.79 Å². The van der Waals surface area contributed by atoms with Crippen molar-refractivity contribution < 1.29 is 19.4 Å². The number of fused-ring (bicyclic) bond motifs is 3. The quantitative estimate of drug-likeness (QED) is 0.856. The summed E-state index contributed by atoms with van der Waals surface area (Å²) < 4.78 is 11.2. The van der Waals surface area contributed by atoms with Crippen LogP contribution in [-0.2, 0) is 0 Å². The summed E-state index contributed by atoms with van der Waals surface area (Å²) in [4.78, 5) is 14.9. The molecule has 3 aliphatic heterocycles. The van der Waals surface area contributed by atoms with Crippen LogP contribution in [0.1, 0.15) is 23.2 Å². The molecule has 4 atom stereocenters. The fraction of sp³-hybridized carbons (Fsp3) is 0.588. The van der Waals surface area contributed by atoms with Gasteiger partial charge >= 0.3 is 0 Å². The van der Waals surface area contributed by atoms with Crippen molar-refractivity contribution in [3.8, 4) is 11.5 Å². The Kier molecular flexibility index (Phi) is 3.87. The van der Waals surface area contributed by atoms with E-state index in [1.54, 1.807) is 18.2 Å². The lowest BCUT2D eigenvalue weighted by atomic mass is 9.96. The first-order chi connectivity index (χ1) is 11.2. The van der Waals surface area contributed by atoms with E-state index in [1.165, 1.54) is 13.0 Å². The van der Waals surface area contributed by atoms with Crippen LogP contribution in [0.2, 0.25) is 0 Å². The molecule has 0 spiro atoms. The normalized spacial score (nSPS) is 31.7. The Morgan fingerprint density at radius 3 is 3.09 bits per heavy atom. The standard InChI is InChI=1S/C17H22N2O4/c20-9-14-10-22-16-6-12(1-2-15(16)23-14)17(21)18-13-5-11-3-4-19(7-11)8-13/h1-2,6,11,13-14,20H,3-5,7-10H2,(H,18,21)/t11-,13-,14+/m0/s1. The monoisotopic (exact) mass is 318 g/mol. The highest BCUT2D eigenvalue weighted by molar-refractivity contribution is 5.95. The van der Waals surface area contributed by atoms with E-state index in [9.17, 15) is 4.79 Å². The Morgan fingerprint density at radius 2 is 2.26 bits per heavy atom. The highest BCUT2D eigenvalue weighted by Gasteiger charge is 2.33. The summed E-state index contributed by atoms with van der Waals surface area (Å²) in [6.07, 6.45) is 1.99. The summed E-state index contributed by atoms with van der Waals surface area (Å²) >= 11 is 0. The number of piperidine rings is 1. The van der Waals surface area contributed by atoms with Crippen LogP contribution < -0.4 is 14.8 Å². The lowest BCUT2D eigenvalue weighted by molar-refractivity contribution is 0.0455. The molecule has 3 heterocycles. The van der Waals surface area contributed by atoms with Gasteiger partial charge in [-0.1, -0.05) is 0 Å². The minimum atomic E-state index is -0.339. The van der Waals surface area contributed by atoms with E-state index in [4.69, 9.17) is 14.6 Å². The molecule has 2 N–H and O–H groups in total. The van der Waals surface area contributed by atoms with E-state index in [1.807, 2.05) is 0 Å². The number of amides is 1. The van der Waals surface area contributed by atoms with Gasteiger partial charge in [0, 0.05) is 24.7 Å². The molecule has 0 aliphatic carbocycles. The molecule has 23 heavy (non-hydrogen) atoms. The highest BCUT2D eigenvalue weighted by atomic mass is 16.6. The van der Waals surface area contributed by atoms with Gasteiger partial charge in [-0.05, 0) is 43.5 Å². The molecule has 2 saturated heterocycles. The van der Waals surface area contributed by atoms with Crippen molar-refractivity contribution in [2.75, 3.05) is 32.8 Å². The third-order valence-electron chi connectivity index (χ3n) is 4.93. The zero-order valence-electron chi connectivity index (χ0n) is 13.0. The van der Waals surface area contributed by atoms with Crippen molar-refractivity contribution in [3.05, 3.63) is 23.8 Å². The van der Waals surface area contributed by atoms with Gasteiger partial charge in [0.1, 0.15) is 6.61 Å². The minimum Gasteiger partial charge on any atom is -0.486 e. The number of benzene rings is 1. The van der Waals surface area contributed by atoms with Gasteiger partial charge in [0.2, 0.25) is 0 Å². The van der Waals surface area contributed by atoms with Crippen molar-refractivity contribution in [1.29, 1.82) is 0 Å². The molecule has 1 unspecified atom stereocenters. The van der Waals surface area contributed by atoms with E-state index in [-0.39, 0.29) is 24.7 Å². The van der Waals surface area contributed by atoms with Crippen LogP contribution in [0.5, 0.6) is 11.5 Å². The first-order valence-electron chi connectivity index (χ1n) is 8.29. The summed E-state index contributed by atoms with van der Waals surface area (Å²) in [5, 5.41) is 12.3. The number of carbonyl (C=O) groups excluding carboxylic acids is 1. The smallest absolute Gasteiger partial charge is 0.251 e. The van der Waals surface area contributed by atoms with Gasteiger partial charge in [0.25, 0.3) is 5.91 Å². The van der Waals surface area contributed by atoms with E-state index >= 15 is 0 Å². The molecule has 1 aromatic carbocycles. The average molecular weight is 318 g/mol. The van der Waals surface area contributed by atoms with Gasteiger partial charge in [-0.15, -0.1) is 0 Å². The molecular weight excluding hydrogens is 296 g/mol. The number of aliphatic hydroxyl groups excluding tert-OH is 1. The molecule has 3 aliphatic rings. The second kappa shape index (κ2) is 6.02. The van der Waals surface area contributed by atoms with Crippen LogP contribution in [-0.4, -0.2) is 60.9 Å². The molecule has 4 rings (SSSR count). The number of nitrogens with one attached hydrogen (secondary N) is 1. The van der Waals surface area contributed by atoms with Gasteiger partial charge in [-0.2, -0.15) is 0 Å². The Morgan fingerprint density at radius 1 is 1.35 bits per heavy atom. The summed E-state index contributed by atoms with van der Waals surface area (Å²) in [5.41, 5.74) is 0.586. The number of rotatable bonds is 3. The maximum absolute atomic E-state index is 12.5.